The zero-order valence-electron chi connectivity index (χ0n) is 9.32. The monoisotopic (exact) mass is 211 g/mol. The quantitative estimate of drug-likeness (QED) is 0.743. The lowest BCUT2D eigenvalue weighted by Crippen LogP contribution is -2.37. The Kier molecular flexibility index (Phi) is 3.76. The molecule has 0 aromatic heterocycles. The van der Waals surface area contributed by atoms with Gasteiger partial charge < -0.3 is 5.11 Å². The molecule has 2 fully saturated rings. The molecular formula is C12H21NO2. The van der Waals surface area contributed by atoms with E-state index in [1.54, 1.807) is 0 Å². The van der Waals surface area contributed by atoms with Gasteiger partial charge in [0.15, 0.2) is 0 Å². The fraction of sp³-hybridized carbons (Fsp3) is 0.917. The second kappa shape index (κ2) is 5.08. The van der Waals surface area contributed by atoms with Crippen molar-refractivity contribution in [2.24, 2.45) is 5.92 Å². The van der Waals surface area contributed by atoms with Crippen molar-refractivity contribution in [3.63, 3.8) is 0 Å². The van der Waals surface area contributed by atoms with E-state index in [1.165, 1.54) is 19.3 Å². The summed E-state index contributed by atoms with van der Waals surface area (Å²) in [6.07, 6.45) is 6.63. The minimum Gasteiger partial charge on any atom is -0.395 e. The largest absolute Gasteiger partial charge is 0.395 e. The molecule has 1 unspecified atom stereocenters. The summed E-state index contributed by atoms with van der Waals surface area (Å²) in [7, 11) is 0. The molecule has 2 aliphatic rings. The number of carbonyl (C=O) groups excluding carboxylic acids is 1. The van der Waals surface area contributed by atoms with Crippen LogP contribution in [0.5, 0.6) is 0 Å². The van der Waals surface area contributed by atoms with Crippen molar-refractivity contribution < 1.29 is 9.90 Å². The maximum Gasteiger partial charge on any atom is 0.137 e. The van der Waals surface area contributed by atoms with Gasteiger partial charge in [-0.1, -0.05) is 6.42 Å². The molecule has 1 atom stereocenters. The zero-order chi connectivity index (χ0) is 10.7. The molecule has 1 N–H and O–H groups in total. The van der Waals surface area contributed by atoms with E-state index in [-0.39, 0.29) is 12.5 Å². The predicted molar refractivity (Wildman–Crippen MR) is 58.6 cm³/mol. The Balaban J connectivity index is 1.83. The lowest BCUT2D eigenvalue weighted by molar-refractivity contribution is -0.125. The van der Waals surface area contributed by atoms with Gasteiger partial charge in [-0.15, -0.1) is 0 Å². The Hall–Kier alpha value is -0.410. The molecule has 15 heavy (non-hydrogen) atoms. The maximum atomic E-state index is 11.7. The predicted octanol–water partition coefficient (Wildman–Crippen LogP) is 1.20. The molecule has 0 bridgehead atoms. The normalized spacial score (nSPS) is 27.3. The van der Waals surface area contributed by atoms with Gasteiger partial charge in [0, 0.05) is 31.5 Å². The van der Waals surface area contributed by atoms with Crippen LogP contribution in [0.3, 0.4) is 0 Å². The molecule has 0 aliphatic heterocycles. The van der Waals surface area contributed by atoms with Crippen molar-refractivity contribution in [2.75, 3.05) is 19.7 Å². The second-order valence-corrected chi connectivity index (χ2v) is 4.86. The van der Waals surface area contributed by atoms with Crippen LogP contribution >= 0.6 is 0 Å². The molecule has 3 heteroatoms. The zero-order valence-corrected chi connectivity index (χ0v) is 9.32. The van der Waals surface area contributed by atoms with Gasteiger partial charge in [-0.3, -0.25) is 9.69 Å². The number of hydrogen-bond donors (Lipinski definition) is 1. The van der Waals surface area contributed by atoms with E-state index in [1.807, 2.05) is 0 Å². The van der Waals surface area contributed by atoms with Gasteiger partial charge in [0.1, 0.15) is 5.78 Å². The fourth-order valence-electron chi connectivity index (χ4n) is 2.52. The summed E-state index contributed by atoms with van der Waals surface area (Å²) in [5, 5.41) is 8.98. The SMILES string of the molecule is O=C1CCCCC1CN(CCO)C1CC1. The van der Waals surface area contributed by atoms with Crippen molar-refractivity contribution in [3.05, 3.63) is 0 Å². The minimum atomic E-state index is 0.220. The summed E-state index contributed by atoms with van der Waals surface area (Å²) < 4.78 is 0. The average Bonchev–Trinajstić information content (AvgIpc) is 3.04. The standard InChI is InChI=1S/C12H21NO2/c14-8-7-13(11-5-6-11)9-10-3-1-2-4-12(10)15/h10-11,14H,1-9H2. The highest BCUT2D eigenvalue weighted by Gasteiger charge is 2.32. The minimum absolute atomic E-state index is 0.220. The molecular weight excluding hydrogens is 190 g/mol. The molecule has 2 rings (SSSR count). The summed E-state index contributed by atoms with van der Waals surface area (Å²) in [4.78, 5) is 14.0. The number of aliphatic hydroxyl groups is 1. The van der Waals surface area contributed by atoms with Crippen LogP contribution in [0.1, 0.15) is 38.5 Å². The molecule has 0 heterocycles. The summed E-state index contributed by atoms with van der Waals surface area (Å²) in [6.45, 7) is 1.86. The molecule has 0 saturated heterocycles. The second-order valence-electron chi connectivity index (χ2n) is 4.86. The van der Waals surface area contributed by atoms with Crippen LogP contribution in [0.2, 0.25) is 0 Å². The van der Waals surface area contributed by atoms with Crippen LogP contribution in [-0.4, -0.2) is 41.5 Å². The molecule has 0 amide bonds. The summed E-state index contributed by atoms with van der Waals surface area (Å²) in [6, 6.07) is 0.659. The van der Waals surface area contributed by atoms with E-state index < -0.39 is 0 Å². The van der Waals surface area contributed by atoms with Crippen molar-refractivity contribution in [3.8, 4) is 0 Å². The van der Waals surface area contributed by atoms with Gasteiger partial charge in [-0.05, 0) is 25.7 Å². The van der Waals surface area contributed by atoms with Crippen LogP contribution in [0.25, 0.3) is 0 Å². The smallest absolute Gasteiger partial charge is 0.137 e. The highest BCUT2D eigenvalue weighted by Crippen LogP contribution is 2.29. The van der Waals surface area contributed by atoms with E-state index in [2.05, 4.69) is 4.90 Å². The molecule has 2 aliphatic carbocycles. The molecule has 0 spiro atoms. The first-order chi connectivity index (χ1) is 7.31. The molecule has 0 aromatic rings. The molecule has 0 aromatic carbocycles. The third-order valence-electron chi connectivity index (χ3n) is 3.59. The third-order valence-corrected chi connectivity index (χ3v) is 3.59. The van der Waals surface area contributed by atoms with Crippen molar-refractivity contribution in [2.45, 2.75) is 44.6 Å². The van der Waals surface area contributed by atoms with Crippen LogP contribution in [0.4, 0.5) is 0 Å². The van der Waals surface area contributed by atoms with E-state index in [0.29, 0.717) is 11.8 Å². The lowest BCUT2D eigenvalue weighted by Gasteiger charge is -2.28. The number of Topliss-reactive ketones (excluding diaryl/α,β-unsaturated/α-hetero) is 1. The van der Waals surface area contributed by atoms with Crippen molar-refractivity contribution in [1.29, 1.82) is 0 Å². The fourth-order valence-corrected chi connectivity index (χ4v) is 2.52. The Morgan fingerprint density at radius 2 is 2.07 bits per heavy atom. The van der Waals surface area contributed by atoms with Crippen LogP contribution < -0.4 is 0 Å². The van der Waals surface area contributed by atoms with E-state index >= 15 is 0 Å². The highest BCUT2D eigenvalue weighted by atomic mass is 16.3. The number of rotatable bonds is 5. The first kappa shape index (κ1) is 11.1. The number of ketones is 1. The van der Waals surface area contributed by atoms with E-state index in [4.69, 9.17) is 5.11 Å². The first-order valence-electron chi connectivity index (χ1n) is 6.19. The molecule has 86 valence electrons. The third kappa shape index (κ3) is 3.02. The molecule has 2 saturated carbocycles. The van der Waals surface area contributed by atoms with E-state index in [9.17, 15) is 4.79 Å². The van der Waals surface area contributed by atoms with Crippen LogP contribution in [-0.2, 0) is 4.79 Å². The Bertz CT molecular complexity index is 226. The van der Waals surface area contributed by atoms with Gasteiger partial charge in [0.05, 0.1) is 6.61 Å². The van der Waals surface area contributed by atoms with Crippen molar-refractivity contribution in [1.82, 2.24) is 4.90 Å². The Labute approximate surface area is 91.5 Å². The van der Waals surface area contributed by atoms with Gasteiger partial charge in [-0.25, -0.2) is 0 Å². The van der Waals surface area contributed by atoms with Crippen LogP contribution in [0.15, 0.2) is 0 Å². The van der Waals surface area contributed by atoms with Gasteiger partial charge >= 0.3 is 0 Å². The number of carbonyl (C=O) groups is 1. The average molecular weight is 211 g/mol. The molecule has 0 radical (unpaired) electrons. The lowest BCUT2D eigenvalue weighted by atomic mass is 9.87. The van der Waals surface area contributed by atoms with E-state index in [0.717, 1.165) is 32.4 Å². The number of nitrogens with zero attached hydrogens (tertiary/aromatic N) is 1. The molecule has 3 nitrogen and oxygen atoms in total. The summed E-state index contributed by atoms with van der Waals surface area (Å²) >= 11 is 0. The number of hydrogen-bond acceptors (Lipinski definition) is 3. The Morgan fingerprint density at radius 1 is 1.27 bits per heavy atom. The topological polar surface area (TPSA) is 40.5 Å². The van der Waals surface area contributed by atoms with Gasteiger partial charge in [0.2, 0.25) is 0 Å². The van der Waals surface area contributed by atoms with Crippen LogP contribution in [0, 0.1) is 5.92 Å². The Morgan fingerprint density at radius 3 is 2.67 bits per heavy atom. The van der Waals surface area contributed by atoms with Gasteiger partial charge in [-0.2, -0.15) is 0 Å². The summed E-state index contributed by atoms with van der Waals surface area (Å²) in [5.74, 6) is 0.704. The highest BCUT2D eigenvalue weighted by molar-refractivity contribution is 5.81. The van der Waals surface area contributed by atoms with Crippen molar-refractivity contribution >= 4 is 5.78 Å². The summed E-state index contributed by atoms with van der Waals surface area (Å²) in [5.41, 5.74) is 0. The van der Waals surface area contributed by atoms with Gasteiger partial charge in [0.25, 0.3) is 0 Å². The maximum absolute atomic E-state index is 11.7. The number of aliphatic hydroxyl groups excluding tert-OH is 1. The first-order valence-corrected chi connectivity index (χ1v) is 6.19.